The van der Waals surface area contributed by atoms with Crippen molar-refractivity contribution >= 4 is 15.2 Å². The molecule has 0 aliphatic carbocycles. The molecular weight excluding hydrogens is 243 g/mol. The Morgan fingerprint density at radius 2 is 1.33 bits per heavy atom. The lowest BCUT2D eigenvalue weighted by atomic mass is 9.87. The van der Waals surface area contributed by atoms with Gasteiger partial charge in [0.2, 0.25) is 0 Å². The minimum absolute atomic E-state index is 0.0473. The monoisotopic (exact) mass is 258 g/mol. The smallest absolute Gasteiger partial charge is 0.304 e. The molecule has 1 atom stereocenters. The Kier molecular flexibility index (Phi) is 3.78. The molecule has 2 aromatic carbocycles. The fourth-order valence-electron chi connectivity index (χ4n) is 2.08. The lowest BCUT2D eigenvalue weighted by molar-refractivity contribution is -0.137. The summed E-state index contributed by atoms with van der Waals surface area (Å²) in [5.74, 6) is -0.808. The maximum absolute atomic E-state index is 11.1. The molecule has 0 spiro atoms. The predicted molar refractivity (Wildman–Crippen MR) is 75.6 cm³/mol. The minimum atomic E-state index is -0.808. The number of carbonyl (C=O) groups is 1. The Hall–Kier alpha value is -1.66. The van der Waals surface area contributed by atoms with Gasteiger partial charge in [0.05, 0.1) is 6.42 Å². The van der Waals surface area contributed by atoms with Crippen LogP contribution in [0.1, 0.15) is 17.5 Å². The minimum Gasteiger partial charge on any atom is -0.481 e. The van der Waals surface area contributed by atoms with Crippen LogP contribution in [0.2, 0.25) is 0 Å². The molecule has 0 bridgehead atoms. The van der Waals surface area contributed by atoms with Gasteiger partial charge in [-0.05, 0) is 11.1 Å². The van der Waals surface area contributed by atoms with Crippen LogP contribution in [0.25, 0.3) is 0 Å². The Morgan fingerprint density at radius 1 is 0.944 bits per heavy atom. The number of benzene rings is 2. The number of carboxylic acids is 1. The first-order chi connectivity index (χ1) is 8.63. The Bertz CT molecular complexity index is 483. The molecule has 3 heteroatoms. The first-order valence-corrected chi connectivity index (χ1v) is 6.32. The van der Waals surface area contributed by atoms with Crippen molar-refractivity contribution in [3.63, 3.8) is 0 Å². The molecular formula is C15H15O2P. The Balaban J connectivity index is 2.51. The van der Waals surface area contributed by atoms with Gasteiger partial charge < -0.3 is 5.11 Å². The van der Waals surface area contributed by atoms with Crippen LogP contribution in [-0.2, 0) is 9.95 Å². The van der Waals surface area contributed by atoms with Crippen molar-refractivity contribution in [1.29, 1.82) is 0 Å². The second-order valence-corrected chi connectivity index (χ2v) is 5.26. The summed E-state index contributed by atoms with van der Waals surface area (Å²) in [6.07, 6.45) is 0.0473. The topological polar surface area (TPSA) is 37.3 Å². The first kappa shape index (κ1) is 12.8. The summed E-state index contributed by atoms with van der Waals surface area (Å²) < 4.78 is 0. The third-order valence-electron chi connectivity index (χ3n) is 3.01. The van der Waals surface area contributed by atoms with Crippen molar-refractivity contribution < 1.29 is 9.90 Å². The summed E-state index contributed by atoms with van der Waals surface area (Å²) in [5, 5.41) is 8.58. The average molecular weight is 258 g/mol. The van der Waals surface area contributed by atoms with Gasteiger partial charge in [0.1, 0.15) is 0 Å². The summed E-state index contributed by atoms with van der Waals surface area (Å²) in [6, 6.07) is 19.4. The van der Waals surface area contributed by atoms with E-state index in [4.69, 9.17) is 5.11 Å². The number of hydrogen-bond acceptors (Lipinski definition) is 1. The highest BCUT2D eigenvalue weighted by Gasteiger charge is 2.31. The largest absolute Gasteiger partial charge is 0.481 e. The molecule has 18 heavy (non-hydrogen) atoms. The highest BCUT2D eigenvalue weighted by molar-refractivity contribution is 7.19. The zero-order chi connectivity index (χ0) is 13.0. The molecule has 0 aliphatic heterocycles. The van der Waals surface area contributed by atoms with E-state index < -0.39 is 11.1 Å². The van der Waals surface area contributed by atoms with E-state index in [0.29, 0.717) is 0 Å². The van der Waals surface area contributed by atoms with Crippen LogP contribution >= 0.6 is 9.24 Å². The van der Waals surface area contributed by atoms with E-state index in [2.05, 4.69) is 9.24 Å². The van der Waals surface area contributed by atoms with Gasteiger partial charge in [-0.3, -0.25) is 4.79 Å². The van der Waals surface area contributed by atoms with Gasteiger partial charge in [0.15, 0.2) is 0 Å². The average Bonchev–Trinajstić information content (AvgIpc) is 2.40. The lowest BCUT2D eigenvalue weighted by Crippen LogP contribution is -2.23. The molecule has 0 aromatic heterocycles. The number of rotatable bonds is 4. The van der Waals surface area contributed by atoms with Gasteiger partial charge in [0.25, 0.3) is 0 Å². The van der Waals surface area contributed by atoms with Crippen molar-refractivity contribution in [2.24, 2.45) is 0 Å². The number of aliphatic carboxylic acids is 1. The van der Waals surface area contributed by atoms with E-state index in [1.165, 1.54) is 0 Å². The molecule has 0 fully saturated rings. The fraction of sp³-hybridized carbons (Fsp3) is 0.133. The zero-order valence-corrected chi connectivity index (χ0v) is 11.1. The predicted octanol–water partition coefficient (Wildman–Crippen LogP) is 3.28. The Morgan fingerprint density at radius 3 is 1.67 bits per heavy atom. The molecule has 2 rings (SSSR count). The van der Waals surface area contributed by atoms with Gasteiger partial charge in [-0.2, -0.15) is 0 Å². The maximum Gasteiger partial charge on any atom is 0.304 e. The molecule has 0 amide bonds. The molecule has 92 valence electrons. The normalized spacial score (nSPS) is 11.2. The standard InChI is InChI=1S/C15H15O2P/c16-14(17)11-15(18,12-7-3-1-4-8-12)13-9-5-2-6-10-13/h1-10H,11,18H2,(H,16,17). The summed E-state index contributed by atoms with van der Waals surface area (Å²) in [5.41, 5.74) is 1.98. The molecule has 0 saturated heterocycles. The van der Waals surface area contributed by atoms with Gasteiger partial charge in [0, 0.05) is 5.16 Å². The molecule has 1 N–H and O–H groups in total. The van der Waals surface area contributed by atoms with E-state index >= 15 is 0 Å². The van der Waals surface area contributed by atoms with E-state index in [0.717, 1.165) is 11.1 Å². The molecule has 1 unspecified atom stereocenters. The highest BCUT2D eigenvalue weighted by atomic mass is 31.0. The van der Waals surface area contributed by atoms with Crippen LogP contribution in [0, 0.1) is 0 Å². The Labute approximate surface area is 109 Å². The van der Waals surface area contributed by atoms with Gasteiger partial charge in [-0.25, -0.2) is 0 Å². The summed E-state index contributed by atoms with van der Waals surface area (Å²) in [7, 11) is 2.71. The van der Waals surface area contributed by atoms with E-state index in [1.807, 2.05) is 60.7 Å². The van der Waals surface area contributed by atoms with Gasteiger partial charge in [-0.15, -0.1) is 9.24 Å². The van der Waals surface area contributed by atoms with Crippen LogP contribution in [0.15, 0.2) is 60.7 Å². The van der Waals surface area contributed by atoms with Gasteiger partial charge in [-0.1, -0.05) is 60.7 Å². The quantitative estimate of drug-likeness (QED) is 0.854. The van der Waals surface area contributed by atoms with Crippen molar-refractivity contribution in [3.05, 3.63) is 71.8 Å². The fourth-order valence-corrected chi connectivity index (χ4v) is 2.64. The molecule has 0 heterocycles. The highest BCUT2D eigenvalue weighted by Crippen LogP contribution is 2.41. The van der Waals surface area contributed by atoms with E-state index in [1.54, 1.807) is 0 Å². The summed E-state index contributed by atoms with van der Waals surface area (Å²) in [6.45, 7) is 0. The van der Waals surface area contributed by atoms with Crippen LogP contribution in [-0.4, -0.2) is 11.1 Å². The summed E-state index contributed by atoms with van der Waals surface area (Å²) >= 11 is 0. The van der Waals surface area contributed by atoms with Crippen molar-refractivity contribution in [1.82, 2.24) is 0 Å². The van der Waals surface area contributed by atoms with Crippen LogP contribution in [0.3, 0.4) is 0 Å². The van der Waals surface area contributed by atoms with Crippen molar-refractivity contribution in [2.75, 3.05) is 0 Å². The number of carboxylic acid groups (broad SMARTS) is 1. The first-order valence-electron chi connectivity index (χ1n) is 5.74. The molecule has 0 saturated carbocycles. The van der Waals surface area contributed by atoms with Crippen molar-refractivity contribution in [3.8, 4) is 0 Å². The maximum atomic E-state index is 11.1. The van der Waals surface area contributed by atoms with Crippen LogP contribution in [0.5, 0.6) is 0 Å². The second-order valence-electron chi connectivity index (χ2n) is 4.27. The van der Waals surface area contributed by atoms with Crippen molar-refractivity contribution in [2.45, 2.75) is 11.6 Å². The molecule has 2 nitrogen and oxygen atoms in total. The van der Waals surface area contributed by atoms with Crippen LogP contribution in [0.4, 0.5) is 0 Å². The number of hydrogen-bond donors (Lipinski definition) is 1. The third kappa shape index (κ3) is 2.60. The van der Waals surface area contributed by atoms with Crippen LogP contribution < -0.4 is 0 Å². The molecule has 0 radical (unpaired) electrons. The molecule has 2 aromatic rings. The second kappa shape index (κ2) is 5.32. The van der Waals surface area contributed by atoms with E-state index in [9.17, 15) is 4.79 Å². The summed E-state index contributed by atoms with van der Waals surface area (Å²) in [4.78, 5) is 11.1. The lowest BCUT2D eigenvalue weighted by Gasteiger charge is -2.29. The third-order valence-corrected chi connectivity index (χ3v) is 3.88. The molecule has 0 aliphatic rings. The van der Waals surface area contributed by atoms with Gasteiger partial charge >= 0.3 is 5.97 Å². The zero-order valence-electron chi connectivity index (χ0n) is 9.91. The SMILES string of the molecule is O=C(O)CC(P)(c1ccccc1)c1ccccc1. The van der Waals surface area contributed by atoms with E-state index in [-0.39, 0.29) is 6.42 Å².